The third-order valence-corrected chi connectivity index (χ3v) is 4.51. The second-order valence-corrected chi connectivity index (χ2v) is 5.78. The lowest BCUT2D eigenvalue weighted by Gasteiger charge is -2.25. The van der Waals surface area contributed by atoms with Crippen LogP contribution in [0.2, 0.25) is 0 Å². The van der Waals surface area contributed by atoms with Gasteiger partial charge in [0.05, 0.1) is 11.3 Å². The topological polar surface area (TPSA) is 64.9 Å². The third kappa shape index (κ3) is 2.77. The highest BCUT2D eigenvalue weighted by Crippen LogP contribution is 2.36. The molecule has 0 radical (unpaired) electrons. The molecule has 5 heteroatoms. The van der Waals surface area contributed by atoms with Gasteiger partial charge in [-0.3, -0.25) is 0 Å². The maximum Gasteiger partial charge on any atom is 0.260 e. The van der Waals surface area contributed by atoms with E-state index in [4.69, 9.17) is 10.3 Å². The quantitative estimate of drug-likeness (QED) is 0.862. The molecule has 0 amide bonds. The third-order valence-electron chi connectivity index (χ3n) is 4.51. The lowest BCUT2D eigenvalue weighted by molar-refractivity contribution is 0.305. The van der Waals surface area contributed by atoms with Crippen molar-refractivity contribution in [2.45, 2.75) is 44.9 Å². The number of halogens is 1. The summed E-state index contributed by atoms with van der Waals surface area (Å²) >= 11 is 0. The first-order chi connectivity index (χ1) is 10.2. The first-order valence-corrected chi connectivity index (χ1v) is 7.57. The molecule has 0 saturated heterocycles. The van der Waals surface area contributed by atoms with Crippen LogP contribution in [-0.4, -0.2) is 10.1 Å². The van der Waals surface area contributed by atoms with Crippen molar-refractivity contribution < 1.29 is 8.91 Å². The maximum atomic E-state index is 13.5. The van der Waals surface area contributed by atoms with Gasteiger partial charge in [0, 0.05) is 5.92 Å². The van der Waals surface area contributed by atoms with Gasteiger partial charge in [-0.05, 0) is 43.7 Å². The predicted molar refractivity (Wildman–Crippen MR) is 79.1 cm³/mol. The van der Waals surface area contributed by atoms with E-state index in [1.54, 1.807) is 12.1 Å². The van der Waals surface area contributed by atoms with E-state index in [2.05, 4.69) is 17.1 Å². The van der Waals surface area contributed by atoms with E-state index in [1.165, 1.54) is 25.3 Å². The smallest absolute Gasteiger partial charge is 0.260 e. The zero-order valence-electron chi connectivity index (χ0n) is 12.2. The van der Waals surface area contributed by atoms with Gasteiger partial charge < -0.3 is 10.3 Å². The van der Waals surface area contributed by atoms with E-state index in [-0.39, 0.29) is 5.69 Å². The Hall–Kier alpha value is -1.91. The molecule has 0 atom stereocenters. The average Bonchev–Trinajstić information content (AvgIpc) is 3.00. The first kappa shape index (κ1) is 14.0. The summed E-state index contributed by atoms with van der Waals surface area (Å²) in [6.45, 7) is 2.24. The molecule has 0 spiro atoms. The molecule has 2 aromatic rings. The molecule has 1 heterocycles. The Labute approximate surface area is 123 Å². The number of rotatable bonds is 3. The van der Waals surface area contributed by atoms with Gasteiger partial charge in [-0.1, -0.05) is 24.6 Å². The van der Waals surface area contributed by atoms with Gasteiger partial charge in [0.25, 0.3) is 5.89 Å². The largest absolute Gasteiger partial charge is 0.396 e. The van der Waals surface area contributed by atoms with E-state index in [0.717, 1.165) is 24.6 Å². The summed E-state index contributed by atoms with van der Waals surface area (Å²) < 4.78 is 18.8. The van der Waals surface area contributed by atoms with Gasteiger partial charge in [-0.25, -0.2) is 4.39 Å². The fourth-order valence-corrected chi connectivity index (χ4v) is 3.06. The Morgan fingerprint density at radius 3 is 2.76 bits per heavy atom. The standard InChI is InChI=1S/C16H20FN3O/c1-2-10-6-8-11(9-7-10)15-19-16(21-20-15)12-4-3-5-13(17)14(12)18/h3-5,10-11H,2,6-9,18H2,1H3. The van der Waals surface area contributed by atoms with Crippen LogP contribution in [0.25, 0.3) is 11.5 Å². The van der Waals surface area contributed by atoms with Crippen molar-refractivity contribution in [2.24, 2.45) is 5.92 Å². The lowest BCUT2D eigenvalue weighted by Crippen LogP contribution is -2.13. The molecule has 21 heavy (non-hydrogen) atoms. The zero-order valence-corrected chi connectivity index (χ0v) is 12.2. The van der Waals surface area contributed by atoms with E-state index in [9.17, 15) is 4.39 Å². The fourth-order valence-electron chi connectivity index (χ4n) is 3.06. The second kappa shape index (κ2) is 5.84. The molecule has 1 aromatic heterocycles. The van der Waals surface area contributed by atoms with Crippen molar-refractivity contribution in [3.63, 3.8) is 0 Å². The minimum absolute atomic E-state index is 0.0578. The summed E-state index contributed by atoms with van der Waals surface area (Å²) in [5.74, 6) is 1.74. The molecule has 1 saturated carbocycles. The number of anilines is 1. The summed E-state index contributed by atoms with van der Waals surface area (Å²) in [7, 11) is 0. The monoisotopic (exact) mass is 289 g/mol. The number of para-hydroxylation sites is 1. The summed E-state index contributed by atoms with van der Waals surface area (Å²) in [6, 6.07) is 4.61. The number of aromatic nitrogens is 2. The van der Waals surface area contributed by atoms with Crippen LogP contribution in [0.5, 0.6) is 0 Å². The van der Waals surface area contributed by atoms with Crippen LogP contribution in [0.15, 0.2) is 22.7 Å². The number of nitrogen functional groups attached to an aromatic ring is 1. The van der Waals surface area contributed by atoms with Gasteiger partial charge in [-0.15, -0.1) is 0 Å². The Balaban J connectivity index is 1.79. The highest BCUT2D eigenvalue weighted by Gasteiger charge is 2.25. The van der Waals surface area contributed by atoms with Crippen LogP contribution < -0.4 is 5.73 Å². The molecule has 112 valence electrons. The van der Waals surface area contributed by atoms with Crippen LogP contribution in [0.4, 0.5) is 10.1 Å². The molecule has 1 fully saturated rings. The summed E-state index contributed by atoms with van der Waals surface area (Å²) in [6.07, 6.45) is 5.86. The van der Waals surface area contributed by atoms with Gasteiger partial charge in [-0.2, -0.15) is 4.98 Å². The average molecular weight is 289 g/mol. The lowest BCUT2D eigenvalue weighted by atomic mass is 9.80. The number of nitrogens with zero attached hydrogens (tertiary/aromatic N) is 2. The Bertz CT molecular complexity index is 618. The Kier molecular flexibility index (Phi) is 3.90. The maximum absolute atomic E-state index is 13.5. The van der Waals surface area contributed by atoms with Crippen LogP contribution >= 0.6 is 0 Å². The van der Waals surface area contributed by atoms with E-state index >= 15 is 0 Å². The van der Waals surface area contributed by atoms with Crippen LogP contribution in [-0.2, 0) is 0 Å². The molecule has 0 bridgehead atoms. The molecule has 4 nitrogen and oxygen atoms in total. The molecule has 1 aliphatic carbocycles. The number of hydrogen-bond donors (Lipinski definition) is 1. The molecule has 3 rings (SSSR count). The zero-order chi connectivity index (χ0) is 14.8. The van der Waals surface area contributed by atoms with Crippen molar-refractivity contribution in [1.29, 1.82) is 0 Å². The van der Waals surface area contributed by atoms with Crippen molar-refractivity contribution in [3.05, 3.63) is 29.8 Å². The fraction of sp³-hybridized carbons (Fsp3) is 0.500. The van der Waals surface area contributed by atoms with Crippen molar-refractivity contribution >= 4 is 5.69 Å². The minimum atomic E-state index is -0.462. The van der Waals surface area contributed by atoms with Crippen LogP contribution in [0, 0.1) is 11.7 Å². The highest BCUT2D eigenvalue weighted by molar-refractivity contribution is 5.70. The van der Waals surface area contributed by atoms with Gasteiger partial charge >= 0.3 is 0 Å². The van der Waals surface area contributed by atoms with Crippen LogP contribution in [0.3, 0.4) is 0 Å². The van der Waals surface area contributed by atoms with Gasteiger partial charge in [0.2, 0.25) is 0 Å². The second-order valence-electron chi connectivity index (χ2n) is 5.78. The Morgan fingerprint density at radius 1 is 1.29 bits per heavy atom. The highest BCUT2D eigenvalue weighted by atomic mass is 19.1. The van der Waals surface area contributed by atoms with E-state index in [0.29, 0.717) is 17.4 Å². The molecule has 0 aliphatic heterocycles. The summed E-state index contributed by atoms with van der Waals surface area (Å²) in [4.78, 5) is 4.43. The minimum Gasteiger partial charge on any atom is -0.396 e. The first-order valence-electron chi connectivity index (χ1n) is 7.57. The van der Waals surface area contributed by atoms with E-state index in [1.807, 2.05) is 0 Å². The molecule has 0 unspecified atom stereocenters. The molecular formula is C16H20FN3O. The number of nitrogens with two attached hydrogens (primary N) is 1. The molecule has 1 aromatic carbocycles. The van der Waals surface area contributed by atoms with Gasteiger partial charge in [0.15, 0.2) is 5.82 Å². The van der Waals surface area contributed by atoms with Crippen molar-refractivity contribution in [2.75, 3.05) is 5.73 Å². The predicted octanol–water partition coefficient (Wildman–Crippen LogP) is 4.14. The van der Waals surface area contributed by atoms with Crippen molar-refractivity contribution in [3.8, 4) is 11.5 Å². The van der Waals surface area contributed by atoms with Crippen molar-refractivity contribution in [1.82, 2.24) is 10.1 Å². The molecular weight excluding hydrogens is 269 g/mol. The number of hydrogen-bond acceptors (Lipinski definition) is 4. The SMILES string of the molecule is CCC1CCC(c2noc(-c3cccc(F)c3N)n2)CC1. The van der Waals surface area contributed by atoms with Gasteiger partial charge in [0.1, 0.15) is 5.82 Å². The Morgan fingerprint density at radius 2 is 2.05 bits per heavy atom. The normalized spacial score (nSPS) is 22.4. The molecule has 2 N–H and O–H groups in total. The number of benzene rings is 1. The summed E-state index contributed by atoms with van der Waals surface area (Å²) in [5.41, 5.74) is 6.26. The summed E-state index contributed by atoms with van der Waals surface area (Å²) in [5, 5.41) is 4.07. The van der Waals surface area contributed by atoms with E-state index < -0.39 is 5.82 Å². The molecule has 1 aliphatic rings. The van der Waals surface area contributed by atoms with Crippen LogP contribution in [0.1, 0.15) is 50.8 Å².